The van der Waals surface area contributed by atoms with Crippen molar-refractivity contribution >= 4 is 18.4 Å². The van der Waals surface area contributed by atoms with E-state index in [1.54, 1.807) is 24.6 Å². The van der Waals surface area contributed by atoms with Crippen molar-refractivity contribution < 1.29 is 13.6 Å². The maximum absolute atomic E-state index is 5.70. The van der Waals surface area contributed by atoms with Crippen LogP contribution in [0.15, 0.2) is 74.8 Å². The average molecular weight is 366 g/mol. The minimum absolute atomic E-state index is 0.334. The first-order valence-electron chi connectivity index (χ1n) is 7.82. The molecule has 3 aromatic heterocycles. The van der Waals surface area contributed by atoms with E-state index in [0.717, 1.165) is 5.75 Å². The van der Waals surface area contributed by atoms with Gasteiger partial charge in [-0.15, -0.1) is 5.10 Å². The second-order valence-electron chi connectivity index (χ2n) is 5.29. The number of H-pyrrole nitrogens is 1. The van der Waals surface area contributed by atoms with E-state index in [-0.39, 0.29) is 0 Å². The lowest BCUT2D eigenvalue weighted by atomic mass is 10.3. The van der Waals surface area contributed by atoms with Gasteiger partial charge in [0, 0.05) is 0 Å². The average Bonchev–Trinajstić information content (AvgIpc) is 3.40. The van der Waals surface area contributed by atoms with Crippen molar-refractivity contribution in [1.82, 2.24) is 14.9 Å². The van der Waals surface area contributed by atoms with Crippen molar-refractivity contribution in [3.8, 4) is 17.3 Å². The zero-order valence-corrected chi connectivity index (χ0v) is 14.3. The molecule has 0 fully saturated rings. The van der Waals surface area contributed by atoms with Gasteiger partial charge in [0.2, 0.25) is 10.6 Å². The molecule has 0 unspecified atom stereocenters. The van der Waals surface area contributed by atoms with E-state index in [0.29, 0.717) is 34.5 Å². The van der Waals surface area contributed by atoms with E-state index >= 15 is 0 Å². The molecule has 7 nitrogen and oxygen atoms in total. The molecule has 0 saturated heterocycles. The lowest BCUT2D eigenvalue weighted by molar-refractivity contribution is 0.270. The van der Waals surface area contributed by atoms with Gasteiger partial charge in [-0.2, -0.15) is 9.78 Å². The Kier molecular flexibility index (Phi) is 4.48. The van der Waals surface area contributed by atoms with E-state index < -0.39 is 0 Å². The molecular weight excluding hydrogens is 352 g/mol. The van der Waals surface area contributed by atoms with Crippen LogP contribution in [0.25, 0.3) is 11.6 Å². The maximum atomic E-state index is 5.70. The highest BCUT2D eigenvalue weighted by molar-refractivity contribution is 7.71. The number of furan rings is 2. The summed E-state index contributed by atoms with van der Waals surface area (Å²) in [5.41, 5.74) is 0. The summed E-state index contributed by atoms with van der Waals surface area (Å²) in [6.07, 6.45) is 3.12. The standard InChI is InChI=1S/C18H14N4O3S/c26-18-21-20-17(16-7-4-10-23-16)22(18)19-11-14-8-9-15(25-14)12-24-13-5-2-1-3-6-13/h1-11H,12H2,(H,21,26). The first-order chi connectivity index (χ1) is 12.8. The van der Waals surface area contributed by atoms with Crippen molar-refractivity contribution in [1.29, 1.82) is 0 Å². The predicted octanol–water partition coefficient (Wildman–Crippen LogP) is 4.25. The molecule has 0 aliphatic carbocycles. The van der Waals surface area contributed by atoms with Gasteiger partial charge in [-0.25, -0.2) is 5.10 Å². The Morgan fingerprint density at radius 2 is 2.04 bits per heavy atom. The summed E-state index contributed by atoms with van der Waals surface area (Å²) in [6.45, 7) is 0.334. The SMILES string of the molecule is S=c1[nH]nc(-c2ccco2)n1N=Cc1ccc(COc2ccccc2)o1. The second-order valence-corrected chi connectivity index (χ2v) is 5.68. The smallest absolute Gasteiger partial charge is 0.219 e. The third-order valence-corrected chi connectivity index (χ3v) is 3.76. The van der Waals surface area contributed by atoms with Gasteiger partial charge >= 0.3 is 0 Å². The number of aromatic nitrogens is 3. The molecule has 0 bridgehead atoms. The molecule has 0 spiro atoms. The van der Waals surface area contributed by atoms with Crippen LogP contribution in [0.1, 0.15) is 11.5 Å². The molecule has 0 saturated carbocycles. The molecule has 0 aliphatic heterocycles. The minimum atomic E-state index is 0.334. The summed E-state index contributed by atoms with van der Waals surface area (Å²) in [4.78, 5) is 0. The molecule has 8 heteroatoms. The molecule has 0 atom stereocenters. The van der Waals surface area contributed by atoms with Gasteiger partial charge in [-0.05, 0) is 48.6 Å². The zero-order chi connectivity index (χ0) is 17.8. The summed E-state index contributed by atoms with van der Waals surface area (Å²) < 4.78 is 18.5. The number of hydrogen-bond donors (Lipinski definition) is 1. The van der Waals surface area contributed by atoms with E-state index in [4.69, 9.17) is 25.8 Å². The molecule has 0 radical (unpaired) electrons. The predicted molar refractivity (Wildman–Crippen MR) is 97.6 cm³/mol. The van der Waals surface area contributed by atoms with Crippen molar-refractivity contribution in [2.75, 3.05) is 0 Å². The first-order valence-corrected chi connectivity index (χ1v) is 8.22. The van der Waals surface area contributed by atoms with Gasteiger partial charge in [0.25, 0.3) is 0 Å². The van der Waals surface area contributed by atoms with Gasteiger partial charge in [-0.1, -0.05) is 18.2 Å². The van der Waals surface area contributed by atoms with Crippen LogP contribution < -0.4 is 4.74 Å². The van der Waals surface area contributed by atoms with E-state index in [9.17, 15) is 0 Å². The molecule has 4 rings (SSSR count). The Morgan fingerprint density at radius 3 is 2.85 bits per heavy atom. The van der Waals surface area contributed by atoms with Crippen LogP contribution >= 0.6 is 12.2 Å². The van der Waals surface area contributed by atoms with Crippen LogP contribution in [0, 0.1) is 4.77 Å². The van der Waals surface area contributed by atoms with Crippen LogP contribution in [0.4, 0.5) is 0 Å². The molecule has 130 valence electrons. The van der Waals surface area contributed by atoms with Gasteiger partial charge in [0.15, 0.2) is 5.76 Å². The highest BCUT2D eigenvalue weighted by Gasteiger charge is 2.10. The topological polar surface area (TPSA) is 81.5 Å². The van der Waals surface area contributed by atoms with Crippen molar-refractivity contribution in [2.45, 2.75) is 6.61 Å². The summed E-state index contributed by atoms with van der Waals surface area (Å²) in [5, 5.41) is 11.1. The largest absolute Gasteiger partial charge is 0.486 e. The van der Waals surface area contributed by atoms with Crippen molar-refractivity contribution in [2.24, 2.45) is 5.10 Å². The number of rotatable bonds is 6. The number of nitrogens with zero attached hydrogens (tertiary/aromatic N) is 3. The van der Waals surface area contributed by atoms with Crippen molar-refractivity contribution in [3.63, 3.8) is 0 Å². The molecule has 0 amide bonds. The number of benzene rings is 1. The first kappa shape index (κ1) is 16.1. The van der Waals surface area contributed by atoms with Crippen LogP contribution in [-0.4, -0.2) is 21.1 Å². The number of para-hydroxylation sites is 1. The quantitative estimate of drug-likeness (QED) is 0.407. The van der Waals surface area contributed by atoms with E-state index in [2.05, 4.69) is 15.3 Å². The normalized spacial score (nSPS) is 11.2. The number of ether oxygens (including phenoxy) is 1. The molecule has 3 heterocycles. The van der Waals surface area contributed by atoms with Gasteiger partial charge in [-0.3, -0.25) is 0 Å². The summed E-state index contributed by atoms with van der Waals surface area (Å²) in [5.74, 6) is 3.09. The number of aromatic amines is 1. The minimum Gasteiger partial charge on any atom is -0.486 e. The Labute approximate surface area is 153 Å². The second kappa shape index (κ2) is 7.24. The van der Waals surface area contributed by atoms with Crippen LogP contribution in [0.2, 0.25) is 0 Å². The summed E-state index contributed by atoms with van der Waals surface area (Å²) >= 11 is 5.20. The van der Waals surface area contributed by atoms with E-state index in [1.807, 2.05) is 42.5 Å². The van der Waals surface area contributed by atoms with Crippen LogP contribution in [-0.2, 0) is 6.61 Å². The molecule has 4 aromatic rings. The highest BCUT2D eigenvalue weighted by atomic mass is 32.1. The lowest BCUT2D eigenvalue weighted by Gasteiger charge is -2.02. The Balaban J connectivity index is 1.48. The molecular formula is C18H14N4O3S. The van der Waals surface area contributed by atoms with Gasteiger partial charge in [0.05, 0.1) is 12.5 Å². The zero-order valence-electron chi connectivity index (χ0n) is 13.5. The van der Waals surface area contributed by atoms with Gasteiger partial charge in [0.1, 0.15) is 23.9 Å². The Morgan fingerprint density at radius 1 is 1.15 bits per heavy atom. The molecule has 1 N–H and O–H groups in total. The van der Waals surface area contributed by atoms with E-state index in [1.165, 1.54) is 4.68 Å². The third kappa shape index (κ3) is 3.50. The number of nitrogens with one attached hydrogen (secondary N) is 1. The highest BCUT2D eigenvalue weighted by Crippen LogP contribution is 2.18. The monoisotopic (exact) mass is 366 g/mol. The van der Waals surface area contributed by atoms with Gasteiger partial charge < -0.3 is 13.6 Å². The summed E-state index contributed by atoms with van der Waals surface area (Å²) in [7, 11) is 0. The fourth-order valence-corrected chi connectivity index (χ4v) is 2.47. The lowest BCUT2D eigenvalue weighted by Crippen LogP contribution is -1.94. The maximum Gasteiger partial charge on any atom is 0.219 e. The van der Waals surface area contributed by atoms with Crippen LogP contribution in [0.5, 0.6) is 5.75 Å². The number of hydrogen-bond acceptors (Lipinski definition) is 6. The third-order valence-electron chi connectivity index (χ3n) is 3.50. The fraction of sp³-hybridized carbons (Fsp3) is 0.0556. The van der Waals surface area contributed by atoms with Crippen molar-refractivity contribution in [3.05, 3.63) is 77.2 Å². The molecule has 0 aliphatic rings. The Bertz CT molecular complexity index is 1060. The summed E-state index contributed by atoms with van der Waals surface area (Å²) in [6, 6.07) is 16.8. The Hall–Kier alpha value is -3.39. The fourth-order valence-electron chi connectivity index (χ4n) is 2.29. The van der Waals surface area contributed by atoms with Crippen LogP contribution in [0.3, 0.4) is 0 Å². The molecule has 1 aromatic carbocycles. The molecule has 26 heavy (non-hydrogen) atoms.